The van der Waals surface area contributed by atoms with Crippen LogP contribution in [0.1, 0.15) is 22.3 Å². The molecule has 0 radical (unpaired) electrons. The van der Waals surface area contributed by atoms with Gasteiger partial charge in [-0.3, -0.25) is 0 Å². The predicted octanol–water partition coefficient (Wildman–Crippen LogP) is 18.3. The second-order valence-electron chi connectivity index (χ2n) is 18.6. The van der Waals surface area contributed by atoms with E-state index >= 15 is 0 Å². The molecule has 69 heavy (non-hydrogen) atoms. The van der Waals surface area contributed by atoms with E-state index in [-0.39, 0.29) is 0 Å². The Morgan fingerprint density at radius 1 is 0.246 bits per heavy atom. The maximum Gasteiger partial charge on any atom is 0.178 e. The van der Waals surface area contributed by atoms with E-state index in [1.807, 2.05) is 12.1 Å². The van der Waals surface area contributed by atoms with E-state index < -0.39 is 5.41 Å². The smallest absolute Gasteiger partial charge is 0.178 e. The normalized spacial score (nSPS) is 13.0. The zero-order valence-corrected chi connectivity index (χ0v) is 37.4. The molecular weight excluding hydrogens is 837 g/mol. The Bertz CT molecular complexity index is 4360. The van der Waals surface area contributed by atoms with Crippen LogP contribution in [0.5, 0.6) is 0 Å². The van der Waals surface area contributed by atoms with Gasteiger partial charge in [0.05, 0.1) is 5.41 Å². The predicted molar refractivity (Wildman–Crippen MR) is 287 cm³/mol. The Morgan fingerprint density at radius 2 is 0.667 bits per heavy atom. The van der Waals surface area contributed by atoms with Crippen LogP contribution in [0.4, 0.5) is 0 Å². The zero-order chi connectivity index (χ0) is 45.2. The first-order chi connectivity index (χ1) is 34.2. The number of hydrogen-bond acceptors (Lipinski definition) is 2. The minimum Gasteiger partial charge on any atom is -0.452 e. The SMILES string of the molecule is c1ccc(C2(c3ccccc3)c3ccccc3-c3c(-c4ccc5c6ccc(-c7ccccc7-c7ccc8oc9c(ccc%10c%11ccccc%11oc%109)c8c7)cc6c6ccccc6c5c4)cccc32)cc1. The fraction of sp³-hybridized carbons (Fsp3) is 0.0149. The summed E-state index contributed by atoms with van der Waals surface area (Å²) in [5.41, 5.74) is 17.8. The number of furan rings is 2. The minimum absolute atomic E-state index is 0.454. The van der Waals surface area contributed by atoms with Crippen LogP contribution < -0.4 is 0 Å². The van der Waals surface area contributed by atoms with Gasteiger partial charge in [-0.1, -0.05) is 200 Å². The van der Waals surface area contributed by atoms with Gasteiger partial charge in [-0.15, -0.1) is 0 Å². The maximum absolute atomic E-state index is 6.54. The van der Waals surface area contributed by atoms with Gasteiger partial charge in [0.25, 0.3) is 0 Å². The van der Waals surface area contributed by atoms with Crippen LogP contribution in [-0.4, -0.2) is 0 Å². The van der Waals surface area contributed by atoms with Crippen molar-refractivity contribution < 1.29 is 8.83 Å². The number of rotatable bonds is 5. The Morgan fingerprint density at radius 3 is 1.30 bits per heavy atom. The fourth-order valence-electron chi connectivity index (χ4n) is 12.2. The van der Waals surface area contributed by atoms with Crippen molar-refractivity contribution in [2.75, 3.05) is 0 Å². The molecule has 320 valence electrons. The van der Waals surface area contributed by atoms with Gasteiger partial charge < -0.3 is 8.83 Å². The summed E-state index contributed by atoms with van der Waals surface area (Å²) in [5, 5.41) is 11.8. The van der Waals surface area contributed by atoms with Gasteiger partial charge >= 0.3 is 0 Å². The number of hydrogen-bond donors (Lipinski definition) is 0. The number of para-hydroxylation sites is 1. The lowest BCUT2D eigenvalue weighted by atomic mass is 9.67. The molecule has 12 aromatic carbocycles. The van der Waals surface area contributed by atoms with E-state index in [1.165, 1.54) is 93.5 Å². The van der Waals surface area contributed by atoms with Crippen LogP contribution in [0, 0.1) is 0 Å². The molecule has 0 atom stereocenters. The first kappa shape index (κ1) is 38.2. The van der Waals surface area contributed by atoms with E-state index in [1.54, 1.807) is 0 Å². The molecule has 0 spiro atoms. The molecule has 2 nitrogen and oxygen atoms in total. The van der Waals surface area contributed by atoms with Crippen molar-refractivity contribution in [3.05, 3.63) is 265 Å². The molecular formula is C67H40O2. The van der Waals surface area contributed by atoms with E-state index in [0.717, 1.165) is 49.4 Å². The molecule has 2 aromatic heterocycles. The topological polar surface area (TPSA) is 26.3 Å². The number of benzene rings is 12. The summed E-state index contributed by atoms with van der Waals surface area (Å²) in [6, 6.07) is 89.1. The fourth-order valence-corrected chi connectivity index (χ4v) is 12.2. The highest BCUT2D eigenvalue weighted by molar-refractivity contribution is 6.26. The van der Waals surface area contributed by atoms with E-state index in [9.17, 15) is 0 Å². The van der Waals surface area contributed by atoms with Gasteiger partial charge in [-0.05, 0) is 142 Å². The van der Waals surface area contributed by atoms with Crippen molar-refractivity contribution in [2.24, 2.45) is 0 Å². The van der Waals surface area contributed by atoms with Crippen LogP contribution in [0.25, 0.3) is 121 Å². The molecule has 0 saturated carbocycles. The van der Waals surface area contributed by atoms with Crippen molar-refractivity contribution in [1.82, 2.24) is 0 Å². The molecule has 0 N–H and O–H groups in total. The summed E-state index contributed by atoms with van der Waals surface area (Å²) in [5.74, 6) is 0. The molecule has 0 aliphatic heterocycles. The average molecular weight is 877 g/mol. The van der Waals surface area contributed by atoms with Gasteiger partial charge in [0.1, 0.15) is 11.2 Å². The highest BCUT2D eigenvalue weighted by Gasteiger charge is 2.46. The van der Waals surface area contributed by atoms with Gasteiger partial charge in [0, 0.05) is 21.5 Å². The summed E-state index contributed by atoms with van der Waals surface area (Å²) >= 11 is 0. The first-order valence-corrected chi connectivity index (χ1v) is 23.8. The van der Waals surface area contributed by atoms with Crippen molar-refractivity contribution >= 4 is 76.2 Å². The second-order valence-corrected chi connectivity index (χ2v) is 18.6. The molecule has 0 fully saturated rings. The van der Waals surface area contributed by atoms with Crippen molar-refractivity contribution in [1.29, 1.82) is 0 Å². The van der Waals surface area contributed by atoms with Gasteiger partial charge in [0.2, 0.25) is 0 Å². The van der Waals surface area contributed by atoms with Crippen LogP contribution in [0.15, 0.2) is 251 Å². The van der Waals surface area contributed by atoms with Crippen LogP contribution >= 0.6 is 0 Å². The van der Waals surface area contributed by atoms with E-state index in [0.29, 0.717) is 0 Å². The monoisotopic (exact) mass is 876 g/mol. The third kappa shape index (κ3) is 5.37. The molecule has 0 amide bonds. The van der Waals surface area contributed by atoms with E-state index in [2.05, 4.69) is 231 Å². The average Bonchev–Trinajstić information content (AvgIpc) is 4.10. The first-order valence-electron chi connectivity index (χ1n) is 23.8. The minimum atomic E-state index is -0.454. The molecule has 1 aliphatic carbocycles. The van der Waals surface area contributed by atoms with Crippen molar-refractivity contribution in [3.63, 3.8) is 0 Å². The zero-order valence-electron chi connectivity index (χ0n) is 37.4. The molecule has 0 saturated heterocycles. The maximum atomic E-state index is 6.54. The highest BCUT2D eigenvalue weighted by atomic mass is 16.4. The molecule has 1 aliphatic rings. The molecule has 2 heteroatoms. The lowest BCUT2D eigenvalue weighted by Crippen LogP contribution is -2.28. The summed E-state index contributed by atoms with van der Waals surface area (Å²) < 4.78 is 12.9. The van der Waals surface area contributed by atoms with Crippen molar-refractivity contribution in [2.45, 2.75) is 5.41 Å². The lowest BCUT2D eigenvalue weighted by Gasteiger charge is -2.34. The molecule has 15 rings (SSSR count). The standard InChI is InChI=1S/C67H40O2/c1-3-16-44(17-4-1)67(45-18-5-2-6-19-45)60-27-13-11-25-56(60)64-48(26-15-28-61(64)67)43-31-34-52-51-33-30-41(38-57(51)49-22-9-10-23-50(49)58(52)39-43)46-20-7-8-21-47(46)42-32-37-63-59(40-42)55-36-35-54-53-24-12-14-29-62(53)68-65(54)66(55)69-63/h1-40H. The summed E-state index contributed by atoms with van der Waals surface area (Å²) in [7, 11) is 0. The van der Waals surface area contributed by atoms with Crippen LogP contribution in [-0.2, 0) is 5.41 Å². The third-order valence-electron chi connectivity index (χ3n) is 15.2. The third-order valence-corrected chi connectivity index (χ3v) is 15.2. The molecule has 2 heterocycles. The summed E-state index contributed by atoms with van der Waals surface area (Å²) in [4.78, 5) is 0. The Kier molecular flexibility index (Phi) is 8.02. The number of fused-ring (bicyclic) bond motifs is 16. The van der Waals surface area contributed by atoms with Gasteiger partial charge in [-0.2, -0.15) is 0 Å². The van der Waals surface area contributed by atoms with E-state index in [4.69, 9.17) is 8.83 Å². The largest absolute Gasteiger partial charge is 0.452 e. The van der Waals surface area contributed by atoms with Crippen molar-refractivity contribution in [3.8, 4) is 44.5 Å². The molecule has 0 bridgehead atoms. The quantitative estimate of drug-likeness (QED) is 0.161. The van der Waals surface area contributed by atoms with Gasteiger partial charge in [-0.25, -0.2) is 0 Å². The second kappa shape index (κ2) is 14.5. The molecule has 0 unspecified atom stereocenters. The summed E-state index contributed by atoms with van der Waals surface area (Å²) in [6.07, 6.45) is 0. The van der Waals surface area contributed by atoms with Crippen LogP contribution in [0.2, 0.25) is 0 Å². The Balaban J connectivity index is 0.880. The summed E-state index contributed by atoms with van der Waals surface area (Å²) in [6.45, 7) is 0. The van der Waals surface area contributed by atoms with Crippen LogP contribution in [0.3, 0.4) is 0 Å². The Labute approximate surface area is 397 Å². The molecule has 14 aromatic rings. The van der Waals surface area contributed by atoms with Gasteiger partial charge in [0.15, 0.2) is 11.2 Å². The lowest BCUT2D eigenvalue weighted by molar-refractivity contribution is 0.633. The highest BCUT2D eigenvalue weighted by Crippen LogP contribution is 2.58. The Hall–Kier alpha value is -8.98.